The molecule has 0 radical (unpaired) electrons. The molecule has 0 spiro atoms. The normalized spacial score (nSPS) is 26.1. The molecule has 2 heterocycles. The Bertz CT molecular complexity index is 1300. The van der Waals surface area contributed by atoms with E-state index in [1.165, 1.54) is 16.0 Å². The van der Waals surface area contributed by atoms with Gasteiger partial charge in [0.05, 0.1) is 18.0 Å². The van der Waals surface area contributed by atoms with Gasteiger partial charge < -0.3 is 15.5 Å². The topological polar surface area (TPSA) is 61.4 Å². The number of likely N-dealkylation sites (tertiary alicyclic amines) is 1. The minimum Gasteiger partial charge on any atom is -0.378 e. The van der Waals surface area contributed by atoms with E-state index in [2.05, 4.69) is 70.3 Å². The molecule has 196 valence electrons. The number of hydrogen-bond acceptors (Lipinski definition) is 4. The molecule has 2 amide bonds. The maximum absolute atomic E-state index is 14.3. The van der Waals surface area contributed by atoms with Crippen molar-refractivity contribution in [3.63, 3.8) is 0 Å². The maximum atomic E-state index is 14.3. The summed E-state index contributed by atoms with van der Waals surface area (Å²) in [6, 6.07) is 26.7. The van der Waals surface area contributed by atoms with Gasteiger partial charge in [0.2, 0.25) is 5.91 Å². The van der Waals surface area contributed by atoms with E-state index in [1.54, 1.807) is 11.8 Å². The van der Waals surface area contributed by atoms with Crippen molar-refractivity contribution in [2.24, 2.45) is 11.8 Å². The minimum atomic E-state index is -0.184. The number of nitrogens with zero attached hydrogens (tertiary/aromatic N) is 1. The summed E-state index contributed by atoms with van der Waals surface area (Å²) in [5.41, 5.74) is 4.24. The van der Waals surface area contributed by atoms with Crippen LogP contribution in [-0.2, 0) is 4.79 Å². The van der Waals surface area contributed by atoms with Crippen molar-refractivity contribution < 1.29 is 9.59 Å². The van der Waals surface area contributed by atoms with Gasteiger partial charge in [0.25, 0.3) is 5.91 Å². The zero-order chi connectivity index (χ0) is 26.1. The van der Waals surface area contributed by atoms with Crippen molar-refractivity contribution in [2.75, 3.05) is 18.1 Å². The number of para-hydroxylation sites is 1. The van der Waals surface area contributed by atoms with Crippen LogP contribution in [0.1, 0.15) is 65.7 Å². The van der Waals surface area contributed by atoms with Crippen molar-refractivity contribution in [2.45, 2.75) is 55.1 Å². The molecule has 1 saturated heterocycles. The lowest BCUT2D eigenvalue weighted by atomic mass is 9.79. The third-order valence-corrected chi connectivity index (χ3v) is 9.40. The van der Waals surface area contributed by atoms with Crippen LogP contribution in [0.15, 0.2) is 83.8 Å². The second-order valence-corrected chi connectivity index (χ2v) is 11.6. The van der Waals surface area contributed by atoms with E-state index >= 15 is 0 Å². The number of amides is 2. The number of nitrogens with one attached hydrogen (secondary N) is 2. The standard InChI is InChI=1S/C32H35N3O2S/c1-38-23-17-15-21(16-18-23)29-26-19-20-35(30(26)24-11-5-7-13-27(24)33-29)32(37)25-12-6-8-14-28(25)34-31(36)22-9-3-2-4-10-22/h2-5,7,9-11,13,15-18,25-26,28-30,33H,6,8,12,14,19-20H2,1H3,(H,34,36)/t25-,26+,28+,29+,30+/m0/s1. The monoisotopic (exact) mass is 525 g/mol. The van der Waals surface area contributed by atoms with E-state index in [-0.39, 0.29) is 35.9 Å². The SMILES string of the molecule is CSc1ccc([C@H]2Nc3ccccc3[C@@H]3[C@@H]2CCN3C(=O)[C@H]2CCCC[C@H]2NC(=O)c2ccccc2)cc1. The van der Waals surface area contributed by atoms with Crippen LogP contribution in [0.4, 0.5) is 5.69 Å². The summed E-state index contributed by atoms with van der Waals surface area (Å²) >= 11 is 1.75. The summed E-state index contributed by atoms with van der Waals surface area (Å²) in [5.74, 6) is 0.228. The fourth-order valence-corrected chi connectivity index (χ4v) is 7.18. The van der Waals surface area contributed by atoms with Gasteiger partial charge in [-0.15, -0.1) is 11.8 Å². The van der Waals surface area contributed by atoms with E-state index in [9.17, 15) is 9.59 Å². The lowest BCUT2D eigenvalue weighted by Gasteiger charge is -2.42. The number of hydrogen-bond donors (Lipinski definition) is 2. The summed E-state index contributed by atoms with van der Waals surface area (Å²) in [6.45, 7) is 0.749. The Morgan fingerprint density at radius 3 is 2.42 bits per heavy atom. The summed E-state index contributed by atoms with van der Waals surface area (Å²) in [7, 11) is 0. The van der Waals surface area contributed by atoms with Crippen LogP contribution in [0.2, 0.25) is 0 Å². The highest BCUT2D eigenvalue weighted by Gasteiger charge is 2.48. The van der Waals surface area contributed by atoms with Gasteiger partial charge in [0, 0.05) is 34.7 Å². The molecule has 1 saturated carbocycles. The molecule has 6 rings (SSSR count). The molecule has 1 aliphatic carbocycles. The van der Waals surface area contributed by atoms with Crippen LogP contribution in [0.25, 0.3) is 0 Å². The third kappa shape index (κ3) is 4.71. The molecular weight excluding hydrogens is 490 g/mol. The maximum Gasteiger partial charge on any atom is 0.251 e. The lowest BCUT2D eigenvalue weighted by molar-refractivity contribution is -0.138. The van der Waals surface area contributed by atoms with Crippen LogP contribution >= 0.6 is 11.8 Å². The van der Waals surface area contributed by atoms with Crippen molar-refractivity contribution in [3.05, 3.63) is 95.6 Å². The second kappa shape index (κ2) is 10.9. The Labute approximate surface area is 229 Å². The second-order valence-electron chi connectivity index (χ2n) is 10.7. The van der Waals surface area contributed by atoms with E-state index in [4.69, 9.17) is 0 Å². The predicted molar refractivity (Wildman–Crippen MR) is 153 cm³/mol. The van der Waals surface area contributed by atoms with Crippen molar-refractivity contribution >= 4 is 29.3 Å². The van der Waals surface area contributed by atoms with Crippen LogP contribution < -0.4 is 10.6 Å². The molecule has 2 aliphatic heterocycles. The number of rotatable bonds is 5. The molecule has 5 nitrogen and oxygen atoms in total. The smallest absolute Gasteiger partial charge is 0.251 e. The number of benzene rings is 3. The van der Waals surface area contributed by atoms with E-state index in [0.717, 1.165) is 44.3 Å². The van der Waals surface area contributed by atoms with Gasteiger partial charge in [-0.1, -0.05) is 61.4 Å². The van der Waals surface area contributed by atoms with Gasteiger partial charge in [-0.25, -0.2) is 0 Å². The van der Waals surface area contributed by atoms with Crippen molar-refractivity contribution in [1.82, 2.24) is 10.2 Å². The molecule has 38 heavy (non-hydrogen) atoms. The lowest BCUT2D eigenvalue weighted by Crippen LogP contribution is -2.50. The summed E-state index contributed by atoms with van der Waals surface area (Å²) < 4.78 is 0. The van der Waals surface area contributed by atoms with Crippen molar-refractivity contribution in [3.8, 4) is 0 Å². The first-order chi connectivity index (χ1) is 18.6. The van der Waals surface area contributed by atoms with Gasteiger partial charge in [-0.2, -0.15) is 0 Å². The Balaban J connectivity index is 1.27. The van der Waals surface area contributed by atoms with Gasteiger partial charge in [-0.3, -0.25) is 9.59 Å². The molecule has 2 N–H and O–H groups in total. The van der Waals surface area contributed by atoms with E-state index < -0.39 is 0 Å². The van der Waals surface area contributed by atoms with Crippen LogP contribution in [0.5, 0.6) is 0 Å². The number of carbonyl (C=O) groups is 2. The van der Waals surface area contributed by atoms with Crippen LogP contribution in [0.3, 0.4) is 0 Å². The molecule has 0 bridgehead atoms. The number of thioether (sulfide) groups is 1. The molecule has 2 fully saturated rings. The minimum absolute atomic E-state index is 0.0394. The first-order valence-electron chi connectivity index (χ1n) is 13.8. The Hall–Kier alpha value is -3.25. The Kier molecular flexibility index (Phi) is 7.16. The number of anilines is 1. The highest BCUT2D eigenvalue weighted by atomic mass is 32.2. The Morgan fingerprint density at radius 2 is 1.63 bits per heavy atom. The fourth-order valence-electron chi connectivity index (χ4n) is 6.77. The van der Waals surface area contributed by atoms with Crippen LogP contribution in [-0.4, -0.2) is 35.6 Å². The fraction of sp³-hybridized carbons (Fsp3) is 0.375. The number of carbonyl (C=O) groups excluding carboxylic acids is 2. The molecule has 3 aromatic carbocycles. The van der Waals surface area contributed by atoms with Gasteiger partial charge in [-0.05, 0) is 67.0 Å². The van der Waals surface area contributed by atoms with Gasteiger partial charge in [0.15, 0.2) is 0 Å². The molecule has 5 atom stereocenters. The largest absolute Gasteiger partial charge is 0.378 e. The highest BCUT2D eigenvalue weighted by Crippen LogP contribution is 2.52. The average molecular weight is 526 g/mol. The summed E-state index contributed by atoms with van der Waals surface area (Å²) in [6.07, 6.45) is 6.79. The van der Waals surface area contributed by atoms with Crippen molar-refractivity contribution in [1.29, 1.82) is 0 Å². The first kappa shape index (κ1) is 25.1. The molecule has 0 unspecified atom stereocenters. The van der Waals surface area contributed by atoms with Gasteiger partial charge in [0.1, 0.15) is 0 Å². The van der Waals surface area contributed by atoms with Gasteiger partial charge >= 0.3 is 0 Å². The first-order valence-corrected chi connectivity index (χ1v) is 15.0. The Morgan fingerprint density at radius 1 is 0.895 bits per heavy atom. The quantitative estimate of drug-likeness (QED) is 0.376. The average Bonchev–Trinajstić information content (AvgIpc) is 3.43. The van der Waals surface area contributed by atoms with E-state index in [1.807, 2.05) is 30.3 Å². The molecule has 0 aromatic heterocycles. The number of fused-ring (bicyclic) bond motifs is 3. The third-order valence-electron chi connectivity index (χ3n) is 8.66. The molecule has 6 heteroatoms. The summed E-state index contributed by atoms with van der Waals surface area (Å²) in [4.78, 5) is 30.7. The zero-order valence-electron chi connectivity index (χ0n) is 21.8. The predicted octanol–water partition coefficient (Wildman–Crippen LogP) is 6.45. The van der Waals surface area contributed by atoms with E-state index in [0.29, 0.717) is 11.5 Å². The zero-order valence-corrected chi connectivity index (χ0v) is 22.6. The molecular formula is C32H35N3O2S. The highest BCUT2D eigenvalue weighted by molar-refractivity contribution is 7.98. The summed E-state index contributed by atoms with van der Waals surface area (Å²) in [5, 5.41) is 7.04. The van der Waals surface area contributed by atoms with Crippen LogP contribution in [0, 0.1) is 11.8 Å². The molecule has 3 aliphatic rings. The molecule has 3 aromatic rings.